The van der Waals surface area contributed by atoms with Crippen LogP contribution in [0.25, 0.3) is 0 Å². The third kappa shape index (κ3) is 5.14. The van der Waals surface area contributed by atoms with Crippen LogP contribution in [0.3, 0.4) is 0 Å². The predicted octanol–water partition coefficient (Wildman–Crippen LogP) is 3.98. The summed E-state index contributed by atoms with van der Waals surface area (Å²) in [6.07, 6.45) is 1.12. The molecule has 0 atom stereocenters. The first-order valence-corrected chi connectivity index (χ1v) is 10.4. The number of rotatable bonds is 8. The molecule has 0 aliphatic heterocycles. The molecule has 0 aromatic heterocycles. The zero-order valence-corrected chi connectivity index (χ0v) is 16.6. The van der Waals surface area contributed by atoms with E-state index < -0.39 is 16.0 Å². The largest absolute Gasteiger partial charge is 0.497 e. The molecule has 0 radical (unpaired) electrons. The molecule has 0 unspecified atom stereocenters. The van der Waals surface area contributed by atoms with E-state index in [-0.39, 0.29) is 10.5 Å². The van der Waals surface area contributed by atoms with Crippen molar-refractivity contribution in [3.05, 3.63) is 89.5 Å². The summed E-state index contributed by atoms with van der Waals surface area (Å²) in [7, 11) is -2.21. The van der Waals surface area contributed by atoms with E-state index in [9.17, 15) is 18.3 Å². The number of hydrogen-bond donors (Lipinski definition) is 2. The van der Waals surface area contributed by atoms with Crippen LogP contribution in [0.15, 0.2) is 77.7 Å². The number of sulfonamides is 1. The minimum absolute atomic E-state index is 0.138. The number of aryl methyl sites for hydroxylation is 2. The standard InChI is InChI=1S/C22H21NO5S/c1-28-19-11-13-20(14-12-19)29(26,27)23-18-7-4-5-16(15-18)9-10-17-6-2-3-8-21(17)22(24)25/h2-8,11-15,23H,9-10H2,1H3,(H,24,25). The van der Waals surface area contributed by atoms with E-state index in [1.165, 1.54) is 19.2 Å². The van der Waals surface area contributed by atoms with Crippen LogP contribution in [0.4, 0.5) is 5.69 Å². The number of benzene rings is 3. The fourth-order valence-corrected chi connectivity index (χ4v) is 4.03. The number of hydrogen-bond acceptors (Lipinski definition) is 4. The van der Waals surface area contributed by atoms with Crippen molar-refractivity contribution >= 4 is 21.7 Å². The Hall–Kier alpha value is -3.32. The monoisotopic (exact) mass is 411 g/mol. The molecule has 150 valence electrons. The van der Waals surface area contributed by atoms with E-state index in [2.05, 4.69) is 4.72 Å². The van der Waals surface area contributed by atoms with Crippen molar-refractivity contribution in [1.29, 1.82) is 0 Å². The van der Waals surface area contributed by atoms with Crippen molar-refractivity contribution in [2.45, 2.75) is 17.7 Å². The van der Waals surface area contributed by atoms with Gasteiger partial charge in [0.05, 0.1) is 17.6 Å². The van der Waals surface area contributed by atoms with Gasteiger partial charge in [0.2, 0.25) is 0 Å². The molecule has 0 aliphatic rings. The van der Waals surface area contributed by atoms with Crippen LogP contribution in [-0.2, 0) is 22.9 Å². The van der Waals surface area contributed by atoms with E-state index >= 15 is 0 Å². The molecule has 2 N–H and O–H groups in total. The van der Waals surface area contributed by atoms with Gasteiger partial charge in [-0.25, -0.2) is 13.2 Å². The Morgan fingerprint density at radius 1 is 0.966 bits per heavy atom. The fourth-order valence-electron chi connectivity index (χ4n) is 2.99. The molecule has 3 rings (SSSR count). The highest BCUT2D eigenvalue weighted by molar-refractivity contribution is 7.92. The summed E-state index contributed by atoms with van der Waals surface area (Å²) in [6, 6.07) is 20.1. The lowest BCUT2D eigenvalue weighted by atomic mass is 10.00. The molecule has 0 fully saturated rings. The Labute approximate surface area is 169 Å². The highest BCUT2D eigenvalue weighted by Crippen LogP contribution is 2.21. The Morgan fingerprint density at radius 3 is 2.38 bits per heavy atom. The summed E-state index contributed by atoms with van der Waals surface area (Å²) in [4.78, 5) is 11.5. The zero-order chi connectivity index (χ0) is 20.9. The molecule has 0 bridgehead atoms. The molecule has 0 spiro atoms. The van der Waals surface area contributed by atoms with Crippen LogP contribution >= 0.6 is 0 Å². The summed E-state index contributed by atoms with van der Waals surface area (Å²) < 4.78 is 32.8. The topological polar surface area (TPSA) is 92.7 Å². The summed E-state index contributed by atoms with van der Waals surface area (Å²) in [6.45, 7) is 0. The summed E-state index contributed by atoms with van der Waals surface area (Å²) in [5.41, 5.74) is 2.37. The van der Waals surface area contributed by atoms with Crippen LogP contribution in [-0.4, -0.2) is 26.6 Å². The van der Waals surface area contributed by atoms with Crippen molar-refractivity contribution in [3.63, 3.8) is 0 Å². The van der Waals surface area contributed by atoms with Crippen molar-refractivity contribution in [2.24, 2.45) is 0 Å². The number of methoxy groups -OCH3 is 1. The van der Waals surface area contributed by atoms with Crippen LogP contribution in [0.5, 0.6) is 5.75 Å². The lowest BCUT2D eigenvalue weighted by Gasteiger charge is -2.11. The SMILES string of the molecule is COc1ccc(S(=O)(=O)Nc2cccc(CCc3ccccc3C(=O)O)c2)cc1. The van der Waals surface area contributed by atoms with Gasteiger partial charge >= 0.3 is 5.97 Å². The quantitative estimate of drug-likeness (QED) is 0.585. The number of nitrogens with one attached hydrogen (secondary N) is 1. The maximum absolute atomic E-state index is 12.6. The molecule has 0 aliphatic carbocycles. The molecule has 0 amide bonds. The van der Waals surface area contributed by atoms with Gasteiger partial charge < -0.3 is 9.84 Å². The molecule has 29 heavy (non-hydrogen) atoms. The summed E-state index contributed by atoms with van der Waals surface area (Å²) >= 11 is 0. The van der Waals surface area contributed by atoms with Gasteiger partial charge in [-0.1, -0.05) is 30.3 Å². The van der Waals surface area contributed by atoms with E-state index in [0.29, 0.717) is 24.3 Å². The number of carboxylic acids is 1. The minimum atomic E-state index is -3.72. The first-order valence-electron chi connectivity index (χ1n) is 8.96. The Morgan fingerprint density at radius 2 is 1.69 bits per heavy atom. The Kier molecular flexibility index (Phi) is 6.19. The van der Waals surface area contributed by atoms with Gasteiger partial charge in [-0.15, -0.1) is 0 Å². The average Bonchev–Trinajstić information content (AvgIpc) is 2.72. The molecular formula is C22H21NO5S. The number of anilines is 1. The Bertz CT molecular complexity index is 1110. The van der Waals surface area contributed by atoms with Gasteiger partial charge in [0.1, 0.15) is 5.75 Å². The van der Waals surface area contributed by atoms with Crippen LogP contribution in [0.2, 0.25) is 0 Å². The number of ether oxygens (including phenoxy) is 1. The normalized spacial score (nSPS) is 11.1. The summed E-state index contributed by atoms with van der Waals surface area (Å²) in [5, 5.41) is 9.29. The van der Waals surface area contributed by atoms with Crippen LogP contribution in [0.1, 0.15) is 21.5 Å². The lowest BCUT2D eigenvalue weighted by Crippen LogP contribution is -2.13. The third-order valence-electron chi connectivity index (χ3n) is 4.48. The molecule has 3 aromatic rings. The first-order chi connectivity index (χ1) is 13.9. The fraction of sp³-hybridized carbons (Fsp3) is 0.136. The Balaban J connectivity index is 1.73. The van der Waals surface area contributed by atoms with Gasteiger partial charge in [0.25, 0.3) is 10.0 Å². The second-order valence-corrected chi connectivity index (χ2v) is 8.13. The number of aromatic carboxylic acids is 1. The molecule has 3 aromatic carbocycles. The lowest BCUT2D eigenvalue weighted by molar-refractivity contribution is 0.0695. The van der Waals surface area contributed by atoms with Crippen molar-refractivity contribution in [2.75, 3.05) is 11.8 Å². The molecule has 0 saturated carbocycles. The highest BCUT2D eigenvalue weighted by Gasteiger charge is 2.15. The molecule has 0 saturated heterocycles. The van der Waals surface area contributed by atoms with Crippen LogP contribution < -0.4 is 9.46 Å². The van der Waals surface area contributed by atoms with E-state index in [4.69, 9.17) is 4.74 Å². The average molecular weight is 411 g/mol. The molecule has 7 heteroatoms. The van der Waals surface area contributed by atoms with Gasteiger partial charge in [0.15, 0.2) is 0 Å². The molecular weight excluding hydrogens is 390 g/mol. The number of carbonyl (C=O) groups is 1. The zero-order valence-electron chi connectivity index (χ0n) is 15.8. The first kappa shape index (κ1) is 20.4. The second-order valence-electron chi connectivity index (χ2n) is 6.44. The summed E-state index contributed by atoms with van der Waals surface area (Å²) in [5.74, 6) is -0.380. The second kappa shape index (κ2) is 8.79. The van der Waals surface area contributed by atoms with Crippen molar-refractivity contribution in [1.82, 2.24) is 0 Å². The maximum atomic E-state index is 12.6. The highest BCUT2D eigenvalue weighted by atomic mass is 32.2. The predicted molar refractivity (Wildman–Crippen MR) is 111 cm³/mol. The third-order valence-corrected chi connectivity index (χ3v) is 5.88. The van der Waals surface area contributed by atoms with E-state index in [1.807, 2.05) is 6.07 Å². The van der Waals surface area contributed by atoms with Gasteiger partial charge in [-0.2, -0.15) is 0 Å². The molecule has 0 heterocycles. The van der Waals surface area contributed by atoms with Crippen molar-refractivity contribution < 1.29 is 23.1 Å². The maximum Gasteiger partial charge on any atom is 0.335 e. The van der Waals surface area contributed by atoms with E-state index in [1.54, 1.807) is 54.6 Å². The van der Waals surface area contributed by atoms with Crippen molar-refractivity contribution in [3.8, 4) is 5.75 Å². The van der Waals surface area contributed by atoms with Gasteiger partial charge in [-0.3, -0.25) is 4.72 Å². The smallest absolute Gasteiger partial charge is 0.335 e. The molecule has 6 nitrogen and oxygen atoms in total. The van der Waals surface area contributed by atoms with Gasteiger partial charge in [0, 0.05) is 5.69 Å². The van der Waals surface area contributed by atoms with Gasteiger partial charge in [-0.05, 0) is 66.4 Å². The van der Waals surface area contributed by atoms with Crippen LogP contribution in [0, 0.1) is 0 Å². The van der Waals surface area contributed by atoms with E-state index in [0.717, 1.165) is 11.1 Å². The minimum Gasteiger partial charge on any atom is -0.497 e. The number of carboxylic acid groups (broad SMARTS) is 1.